The van der Waals surface area contributed by atoms with Crippen molar-refractivity contribution in [1.82, 2.24) is 4.90 Å². The van der Waals surface area contributed by atoms with Crippen molar-refractivity contribution in [3.8, 4) is 0 Å². The summed E-state index contributed by atoms with van der Waals surface area (Å²) in [6, 6.07) is 8.75. The van der Waals surface area contributed by atoms with Gasteiger partial charge in [0.25, 0.3) is 0 Å². The van der Waals surface area contributed by atoms with E-state index in [1.54, 1.807) is 0 Å². The minimum atomic E-state index is 0.778. The molecule has 1 aliphatic heterocycles. The average molecular weight is 263 g/mol. The van der Waals surface area contributed by atoms with Crippen molar-refractivity contribution in [1.29, 1.82) is 0 Å². The molecular formula is C15H25N3O. The molecule has 1 fully saturated rings. The molecule has 19 heavy (non-hydrogen) atoms. The summed E-state index contributed by atoms with van der Waals surface area (Å²) in [5, 5.41) is 3.42. The lowest BCUT2D eigenvalue weighted by Crippen LogP contribution is -2.35. The smallest absolute Gasteiger partial charge is 0.0594 e. The van der Waals surface area contributed by atoms with E-state index >= 15 is 0 Å². The second kappa shape index (κ2) is 8.15. The van der Waals surface area contributed by atoms with E-state index in [1.165, 1.54) is 11.3 Å². The quantitative estimate of drug-likeness (QED) is 0.735. The van der Waals surface area contributed by atoms with Crippen LogP contribution in [-0.2, 0) is 11.3 Å². The summed E-state index contributed by atoms with van der Waals surface area (Å²) in [4.78, 5) is 2.44. The van der Waals surface area contributed by atoms with Gasteiger partial charge in [0.2, 0.25) is 0 Å². The lowest BCUT2D eigenvalue weighted by Gasteiger charge is -2.26. The molecule has 0 bridgehead atoms. The molecule has 1 aliphatic rings. The van der Waals surface area contributed by atoms with Crippen LogP contribution in [0.3, 0.4) is 0 Å². The van der Waals surface area contributed by atoms with Gasteiger partial charge in [-0.3, -0.25) is 4.90 Å². The standard InChI is InChI=1S/C15H25N3O/c16-7-1-2-8-17-15-5-3-14(4-6-15)13-18-9-11-19-12-10-18/h3-6,17H,1-2,7-13,16H2. The number of rotatable bonds is 7. The van der Waals surface area contributed by atoms with E-state index in [2.05, 4.69) is 34.5 Å². The van der Waals surface area contributed by atoms with Crippen molar-refractivity contribution in [3.05, 3.63) is 29.8 Å². The highest BCUT2D eigenvalue weighted by Gasteiger charge is 2.10. The number of benzene rings is 1. The van der Waals surface area contributed by atoms with Crippen LogP contribution in [0, 0.1) is 0 Å². The molecular weight excluding hydrogens is 238 g/mol. The summed E-state index contributed by atoms with van der Waals surface area (Å²) in [6.07, 6.45) is 2.22. The van der Waals surface area contributed by atoms with Gasteiger partial charge in [-0.15, -0.1) is 0 Å². The minimum absolute atomic E-state index is 0.778. The first-order chi connectivity index (χ1) is 9.38. The molecule has 0 spiro atoms. The van der Waals surface area contributed by atoms with Gasteiger partial charge in [-0.25, -0.2) is 0 Å². The number of hydrogen-bond donors (Lipinski definition) is 2. The number of unbranched alkanes of at least 4 members (excludes halogenated alkanes) is 1. The predicted octanol–water partition coefficient (Wildman–Crippen LogP) is 1.67. The molecule has 1 aromatic carbocycles. The Hall–Kier alpha value is -1.10. The Labute approximate surface area is 115 Å². The summed E-state index contributed by atoms with van der Waals surface area (Å²) < 4.78 is 5.36. The maximum atomic E-state index is 5.48. The third-order valence-corrected chi connectivity index (χ3v) is 3.42. The van der Waals surface area contributed by atoms with Gasteiger partial charge >= 0.3 is 0 Å². The van der Waals surface area contributed by atoms with Gasteiger partial charge in [-0.2, -0.15) is 0 Å². The van der Waals surface area contributed by atoms with Crippen molar-refractivity contribution in [2.45, 2.75) is 19.4 Å². The molecule has 3 N–H and O–H groups in total. The van der Waals surface area contributed by atoms with E-state index in [1.807, 2.05) is 0 Å². The van der Waals surface area contributed by atoms with Gasteiger partial charge in [-0.1, -0.05) is 12.1 Å². The van der Waals surface area contributed by atoms with Gasteiger partial charge in [0.05, 0.1) is 13.2 Å². The molecule has 1 heterocycles. The van der Waals surface area contributed by atoms with E-state index in [-0.39, 0.29) is 0 Å². The van der Waals surface area contributed by atoms with Crippen molar-refractivity contribution in [2.75, 3.05) is 44.7 Å². The first kappa shape index (κ1) is 14.3. The molecule has 1 aromatic rings. The molecule has 106 valence electrons. The van der Waals surface area contributed by atoms with Crippen molar-refractivity contribution < 1.29 is 4.74 Å². The fraction of sp³-hybridized carbons (Fsp3) is 0.600. The SMILES string of the molecule is NCCCCNc1ccc(CN2CCOCC2)cc1. The van der Waals surface area contributed by atoms with E-state index < -0.39 is 0 Å². The lowest BCUT2D eigenvalue weighted by atomic mass is 10.2. The predicted molar refractivity (Wildman–Crippen MR) is 79.3 cm³/mol. The molecule has 4 heteroatoms. The lowest BCUT2D eigenvalue weighted by molar-refractivity contribution is 0.0342. The number of nitrogens with zero attached hydrogens (tertiary/aromatic N) is 1. The van der Waals surface area contributed by atoms with E-state index in [9.17, 15) is 0 Å². The van der Waals surface area contributed by atoms with Gasteiger partial charge < -0.3 is 15.8 Å². The molecule has 0 aliphatic carbocycles. The topological polar surface area (TPSA) is 50.5 Å². The Bertz CT molecular complexity index is 347. The highest BCUT2D eigenvalue weighted by Crippen LogP contribution is 2.12. The van der Waals surface area contributed by atoms with Gasteiger partial charge in [-0.05, 0) is 37.1 Å². The largest absolute Gasteiger partial charge is 0.385 e. The Kier molecular flexibility index (Phi) is 6.14. The summed E-state index contributed by atoms with van der Waals surface area (Å²) in [6.45, 7) is 6.61. The molecule has 2 rings (SSSR count). The first-order valence-corrected chi connectivity index (χ1v) is 7.21. The molecule has 1 saturated heterocycles. The van der Waals surface area contributed by atoms with Crippen LogP contribution in [0.4, 0.5) is 5.69 Å². The van der Waals surface area contributed by atoms with Crippen LogP contribution in [0.15, 0.2) is 24.3 Å². The first-order valence-electron chi connectivity index (χ1n) is 7.21. The van der Waals surface area contributed by atoms with Crippen molar-refractivity contribution in [3.63, 3.8) is 0 Å². The number of anilines is 1. The Morgan fingerprint density at radius 2 is 1.84 bits per heavy atom. The monoisotopic (exact) mass is 263 g/mol. The molecule has 0 aromatic heterocycles. The van der Waals surface area contributed by atoms with Crippen LogP contribution in [-0.4, -0.2) is 44.3 Å². The molecule has 0 saturated carbocycles. The second-order valence-electron chi connectivity index (χ2n) is 5.01. The van der Waals surface area contributed by atoms with Crippen molar-refractivity contribution >= 4 is 5.69 Å². The van der Waals surface area contributed by atoms with E-state index in [0.717, 1.165) is 58.8 Å². The zero-order valence-electron chi connectivity index (χ0n) is 11.6. The summed E-state index contributed by atoms with van der Waals surface area (Å²) >= 11 is 0. The number of ether oxygens (including phenoxy) is 1. The van der Waals surface area contributed by atoms with Gasteiger partial charge in [0.1, 0.15) is 0 Å². The Balaban J connectivity index is 1.74. The zero-order valence-corrected chi connectivity index (χ0v) is 11.6. The third-order valence-electron chi connectivity index (χ3n) is 3.42. The van der Waals surface area contributed by atoms with Crippen molar-refractivity contribution in [2.24, 2.45) is 5.73 Å². The summed E-state index contributed by atoms with van der Waals surface area (Å²) in [5.74, 6) is 0. The summed E-state index contributed by atoms with van der Waals surface area (Å²) in [7, 11) is 0. The third kappa shape index (κ3) is 5.19. The van der Waals surface area contributed by atoms with Crippen LogP contribution in [0.1, 0.15) is 18.4 Å². The maximum Gasteiger partial charge on any atom is 0.0594 e. The van der Waals surface area contributed by atoms with E-state index in [0.29, 0.717) is 0 Å². The average Bonchev–Trinajstić information content (AvgIpc) is 2.46. The second-order valence-corrected chi connectivity index (χ2v) is 5.01. The Morgan fingerprint density at radius 3 is 2.53 bits per heavy atom. The van der Waals surface area contributed by atoms with Crippen LogP contribution in [0.2, 0.25) is 0 Å². The fourth-order valence-corrected chi connectivity index (χ4v) is 2.25. The summed E-state index contributed by atoms with van der Waals surface area (Å²) in [5.41, 5.74) is 8.04. The highest BCUT2D eigenvalue weighted by atomic mass is 16.5. The minimum Gasteiger partial charge on any atom is -0.385 e. The van der Waals surface area contributed by atoms with E-state index in [4.69, 9.17) is 10.5 Å². The highest BCUT2D eigenvalue weighted by molar-refractivity contribution is 5.44. The number of hydrogen-bond acceptors (Lipinski definition) is 4. The number of morpholine rings is 1. The van der Waals surface area contributed by atoms with Crippen LogP contribution >= 0.6 is 0 Å². The molecule has 4 nitrogen and oxygen atoms in total. The maximum absolute atomic E-state index is 5.48. The molecule has 0 radical (unpaired) electrons. The van der Waals surface area contributed by atoms with Crippen LogP contribution in [0.5, 0.6) is 0 Å². The molecule has 0 amide bonds. The van der Waals surface area contributed by atoms with Gasteiger partial charge in [0.15, 0.2) is 0 Å². The normalized spacial score (nSPS) is 16.5. The van der Waals surface area contributed by atoms with Gasteiger partial charge in [0, 0.05) is 31.9 Å². The Morgan fingerprint density at radius 1 is 1.11 bits per heavy atom. The zero-order chi connectivity index (χ0) is 13.3. The van der Waals surface area contributed by atoms with Crippen LogP contribution in [0.25, 0.3) is 0 Å². The fourth-order valence-electron chi connectivity index (χ4n) is 2.25. The molecule has 0 unspecified atom stereocenters. The number of nitrogens with one attached hydrogen (secondary N) is 1. The van der Waals surface area contributed by atoms with Crippen LogP contribution < -0.4 is 11.1 Å². The number of nitrogens with two attached hydrogens (primary N) is 1. The molecule has 0 atom stereocenters.